The van der Waals surface area contributed by atoms with E-state index in [2.05, 4.69) is 0 Å². The van der Waals surface area contributed by atoms with Crippen molar-refractivity contribution in [2.24, 2.45) is 0 Å². The largest absolute Gasteiger partial charge is 0.393 e. The Hall–Kier alpha value is -3.24. The zero-order valence-corrected chi connectivity index (χ0v) is 16.3. The lowest BCUT2D eigenvalue weighted by Crippen LogP contribution is -2.50. The van der Waals surface area contributed by atoms with Gasteiger partial charge in [-0.3, -0.25) is 14.9 Å². The molecule has 0 unspecified atom stereocenters. The summed E-state index contributed by atoms with van der Waals surface area (Å²) in [5.41, 5.74) is 6.13. The number of benzene rings is 2. The van der Waals surface area contributed by atoms with E-state index in [1.165, 1.54) is 27.4 Å². The van der Waals surface area contributed by atoms with E-state index in [4.69, 9.17) is 5.73 Å². The van der Waals surface area contributed by atoms with Crippen molar-refractivity contribution in [2.75, 3.05) is 31.9 Å². The number of nitrogen functional groups attached to an aromatic ring is 1. The van der Waals surface area contributed by atoms with Crippen molar-refractivity contribution < 1.29 is 18.1 Å². The number of carbonyl (C=O) groups excluding carboxylic acids is 1. The number of hydrogen-bond acceptors (Lipinski definition) is 6. The second kappa shape index (κ2) is 8.41. The van der Waals surface area contributed by atoms with Crippen LogP contribution in [0.5, 0.6) is 0 Å². The van der Waals surface area contributed by atoms with Gasteiger partial charge in [-0.15, -0.1) is 0 Å². The van der Waals surface area contributed by atoms with Gasteiger partial charge in [-0.25, -0.2) is 8.42 Å². The average Bonchev–Trinajstić information content (AvgIpc) is 2.73. The third kappa shape index (κ3) is 4.79. The predicted octanol–water partition coefficient (Wildman–Crippen LogP) is 1.94. The first kappa shape index (κ1) is 20.5. The van der Waals surface area contributed by atoms with E-state index in [0.29, 0.717) is 0 Å². The van der Waals surface area contributed by atoms with Crippen molar-refractivity contribution in [2.45, 2.75) is 0 Å². The molecule has 0 aromatic heterocycles. The molecule has 1 heterocycles. The summed E-state index contributed by atoms with van der Waals surface area (Å²) in [7, 11) is -3.61. The monoisotopic (exact) mass is 416 g/mol. The van der Waals surface area contributed by atoms with Crippen LogP contribution in [-0.2, 0) is 10.0 Å². The smallest absolute Gasteiger partial charge is 0.292 e. The Balaban J connectivity index is 1.65. The molecule has 0 radical (unpaired) electrons. The average molecular weight is 416 g/mol. The van der Waals surface area contributed by atoms with Gasteiger partial charge in [0, 0.05) is 43.2 Å². The fourth-order valence-electron chi connectivity index (χ4n) is 2.98. The zero-order valence-electron chi connectivity index (χ0n) is 15.5. The highest BCUT2D eigenvalue weighted by Crippen LogP contribution is 2.23. The number of piperazine rings is 1. The van der Waals surface area contributed by atoms with E-state index in [0.717, 1.165) is 17.0 Å². The van der Waals surface area contributed by atoms with Gasteiger partial charge in [0.05, 0.1) is 4.92 Å². The SMILES string of the molecule is Nc1ccc(C(=O)N2CCN(S(=O)(=O)/C=C/c3ccccc3)CC2)cc1[N+](=O)[O-]. The first-order chi connectivity index (χ1) is 13.8. The number of hydrogen-bond donors (Lipinski definition) is 1. The molecule has 3 rings (SSSR count). The Morgan fingerprint density at radius 1 is 1.07 bits per heavy atom. The van der Waals surface area contributed by atoms with E-state index in [9.17, 15) is 23.3 Å². The summed E-state index contributed by atoms with van der Waals surface area (Å²) >= 11 is 0. The van der Waals surface area contributed by atoms with Gasteiger partial charge in [-0.2, -0.15) is 4.31 Å². The second-order valence-electron chi connectivity index (χ2n) is 6.48. The lowest BCUT2D eigenvalue weighted by Gasteiger charge is -2.33. The zero-order chi connectivity index (χ0) is 21.0. The molecule has 2 aromatic carbocycles. The molecule has 1 aliphatic heterocycles. The highest BCUT2D eigenvalue weighted by Gasteiger charge is 2.28. The molecule has 10 heteroatoms. The van der Waals surface area contributed by atoms with Crippen molar-refractivity contribution in [1.82, 2.24) is 9.21 Å². The van der Waals surface area contributed by atoms with Gasteiger partial charge in [0.1, 0.15) is 5.69 Å². The topological polar surface area (TPSA) is 127 Å². The molecule has 1 saturated heterocycles. The van der Waals surface area contributed by atoms with Gasteiger partial charge >= 0.3 is 0 Å². The fourth-order valence-corrected chi connectivity index (χ4v) is 4.15. The molecule has 152 valence electrons. The van der Waals surface area contributed by atoms with Gasteiger partial charge in [0.2, 0.25) is 10.0 Å². The highest BCUT2D eigenvalue weighted by molar-refractivity contribution is 7.92. The number of nitrogens with zero attached hydrogens (tertiary/aromatic N) is 3. The van der Waals surface area contributed by atoms with E-state index >= 15 is 0 Å². The van der Waals surface area contributed by atoms with Crippen LogP contribution in [0, 0.1) is 10.1 Å². The number of sulfonamides is 1. The van der Waals surface area contributed by atoms with Crippen molar-refractivity contribution >= 4 is 33.4 Å². The standard InChI is InChI=1S/C19H20N4O5S/c20-17-7-6-16(14-18(17)23(25)26)19(24)21-9-11-22(12-10-21)29(27,28)13-8-15-4-2-1-3-5-15/h1-8,13-14H,9-12,20H2/b13-8+. The summed E-state index contributed by atoms with van der Waals surface area (Å²) in [4.78, 5) is 24.5. The minimum absolute atomic E-state index is 0.0207. The Labute approximate surface area is 168 Å². The number of nitro benzene ring substituents is 1. The highest BCUT2D eigenvalue weighted by atomic mass is 32.2. The molecule has 1 aliphatic rings. The first-order valence-electron chi connectivity index (χ1n) is 8.84. The van der Waals surface area contributed by atoms with Gasteiger partial charge in [-0.1, -0.05) is 30.3 Å². The van der Waals surface area contributed by atoms with E-state index in [1.54, 1.807) is 12.1 Å². The minimum Gasteiger partial charge on any atom is -0.393 e. The van der Waals surface area contributed by atoms with E-state index < -0.39 is 20.9 Å². The summed E-state index contributed by atoms with van der Waals surface area (Å²) in [5, 5.41) is 12.2. The summed E-state index contributed by atoms with van der Waals surface area (Å²) in [6, 6.07) is 13.0. The molecule has 0 spiro atoms. The van der Waals surface area contributed by atoms with Crippen molar-refractivity contribution in [3.8, 4) is 0 Å². The molecule has 9 nitrogen and oxygen atoms in total. The summed E-state index contributed by atoms with van der Waals surface area (Å²) in [5.74, 6) is -0.398. The van der Waals surface area contributed by atoms with Crippen LogP contribution < -0.4 is 5.73 Å². The molecule has 0 aliphatic carbocycles. The van der Waals surface area contributed by atoms with E-state index in [-0.39, 0.29) is 43.1 Å². The third-order valence-electron chi connectivity index (χ3n) is 4.59. The molecule has 0 saturated carbocycles. The van der Waals surface area contributed by atoms with Crippen LogP contribution in [0.4, 0.5) is 11.4 Å². The normalized spacial score (nSPS) is 15.5. The third-order valence-corrected chi connectivity index (χ3v) is 6.16. The summed E-state index contributed by atoms with van der Waals surface area (Å²) in [6.45, 7) is 0.666. The molecule has 0 atom stereocenters. The second-order valence-corrected chi connectivity index (χ2v) is 8.30. The number of carbonyl (C=O) groups is 1. The number of nitrogens with two attached hydrogens (primary N) is 1. The van der Waals surface area contributed by atoms with Crippen molar-refractivity contribution in [1.29, 1.82) is 0 Å². The molecular formula is C19H20N4O5S. The van der Waals surface area contributed by atoms with E-state index in [1.807, 2.05) is 18.2 Å². The molecule has 0 bridgehead atoms. The van der Waals surface area contributed by atoms with Crippen molar-refractivity contribution in [3.05, 3.63) is 75.2 Å². The Bertz CT molecular complexity index is 1050. The summed E-state index contributed by atoms with van der Waals surface area (Å²) < 4.78 is 26.3. The van der Waals surface area contributed by atoms with Gasteiger partial charge in [0.15, 0.2) is 0 Å². The lowest BCUT2D eigenvalue weighted by atomic mass is 10.1. The molecule has 1 fully saturated rings. The molecule has 2 aromatic rings. The first-order valence-corrected chi connectivity index (χ1v) is 10.3. The van der Waals surface area contributed by atoms with Crippen LogP contribution in [0.25, 0.3) is 6.08 Å². The van der Waals surface area contributed by atoms with Crippen LogP contribution in [-0.4, -0.2) is 54.6 Å². The number of rotatable bonds is 5. The van der Waals surface area contributed by atoms with Gasteiger partial charge in [0.25, 0.3) is 11.6 Å². The Morgan fingerprint density at radius 2 is 1.72 bits per heavy atom. The lowest BCUT2D eigenvalue weighted by molar-refractivity contribution is -0.383. The van der Waals surface area contributed by atoms with Gasteiger partial charge in [-0.05, 0) is 23.8 Å². The van der Waals surface area contributed by atoms with Crippen LogP contribution in [0.3, 0.4) is 0 Å². The molecule has 29 heavy (non-hydrogen) atoms. The van der Waals surface area contributed by atoms with Crippen molar-refractivity contribution in [3.63, 3.8) is 0 Å². The fraction of sp³-hybridized carbons (Fsp3) is 0.211. The van der Waals surface area contributed by atoms with Crippen LogP contribution in [0.2, 0.25) is 0 Å². The van der Waals surface area contributed by atoms with Crippen LogP contribution >= 0.6 is 0 Å². The number of nitro groups is 1. The van der Waals surface area contributed by atoms with Crippen LogP contribution in [0.1, 0.15) is 15.9 Å². The predicted molar refractivity (Wildman–Crippen MR) is 109 cm³/mol. The molecule has 2 N–H and O–H groups in total. The molecular weight excluding hydrogens is 396 g/mol. The molecule has 1 amide bonds. The minimum atomic E-state index is -3.61. The Morgan fingerprint density at radius 3 is 2.34 bits per heavy atom. The number of amides is 1. The van der Waals surface area contributed by atoms with Crippen LogP contribution in [0.15, 0.2) is 53.9 Å². The van der Waals surface area contributed by atoms with Gasteiger partial charge < -0.3 is 10.6 Å². The Kier molecular flexibility index (Phi) is 5.95. The maximum atomic E-state index is 12.6. The maximum Gasteiger partial charge on any atom is 0.292 e. The quantitative estimate of drug-likeness (QED) is 0.451. The summed E-state index contributed by atoms with van der Waals surface area (Å²) in [6.07, 6.45) is 1.53. The maximum absolute atomic E-state index is 12.6. The number of anilines is 1.